The molecule has 0 radical (unpaired) electrons. The fourth-order valence-electron chi connectivity index (χ4n) is 4.39. The van der Waals surface area contributed by atoms with Gasteiger partial charge in [0.05, 0.1) is 10.9 Å². The molecular formula is C23H22F2N4O. The SMILES string of the molecule is O=c1[nH]c(C2CCN(CCc3c[nH]c4ccc(F)cc34)CC2)nc2cc(F)ccc12. The maximum atomic E-state index is 13.6. The molecule has 30 heavy (non-hydrogen) atoms. The Morgan fingerprint density at radius 3 is 2.63 bits per heavy atom. The van der Waals surface area contributed by atoms with Crippen LogP contribution >= 0.6 is 0 Å². The fourth-order valence-corrected chi connectivity index (χ4v) is 4.39. The fraction of sp³-hybridized carbons (Fsp3) is 0.304. The van der Waals surface area contributed by atoms with E-state index < -0.39 is 5.82 Å². The quantitative estimate of drug-likeness (QED) is 0.534. The van der Waals surface area contributed by atoms with Crippen molar-refractivity contribution < 1.29 is 8.78 Å². The summed E-state index contributed by atoms with van der Waals surface area (Å²) in [6.45, 7) is 2.68. The molecule has 154 valence electrons. The first-order valence-corrected chi connectivity index (χ1v) is 10.2. The van der Waals surface area contributed by atoms with Gasteiger partial charge in [0.1, 0.15) is 17.5 Å². The molecule has 1 fully saturated rings. The average molecular weight is 408 g/mol. The Kier molecular flexibility index (Phi) is 4.83. The summed E-state index contributed by atoms with van der Waals surface area (Å²) in [6.07, 6.45) is 4.57. The first-order chi connectivity index (χ1) is 14.6. The largest absolute Gasteiger partial charge is 0.361 e. The lowest BCUT2D eigenvalue weighted by atomic mass is 9.95. The number of halogens is 2. The van der Waals surface area contributed by atoms with Gasteiger partial charge in [-0.2, -0.15) is 0 Å². The van der Waals surface area contributed by atoms with Gasteiger partial charge >= 0.3 is 0 Å². The molecule has 1 saturated heterocycles. The summed E-state index contributed by atoms with van der Waals surface area (Å²) in [5.74, 6) is 0.188. The minimum Gasteiger partial charge on any atom is -0.361 e. The number of hydrogen-bond donors (Lipinski definition) is 2. The molecule has 0 amide bonds. The van der Waals surface area contributed by atoms with E-state index in [2.05, 4.69) is 19.9 Å². The number of aromatic amines is 2. The van der Waals surface area contributed by atoms with Crippen molar-refractivity contribution in [3.63, 3.8) is 0 Å². The molecule has 0 unspecified atom stereocenters. The number of nitrogens with one attached hydrogen (secondary N) is 2. The Bertz CT molecular complexity index is 1270. The van der Waals surface area contributed by atoms with E-state index in [1.165, 1.54) is 24.3 Å². The van der Waals surface area contributed by atoms with Gasteiger partial charge in [0.2, 0.25) is 0 Å². The van der Waals surface area contributed by atoms with E-state index in [-0.39, 0.29) is 17.3 Å². The van der Waals surface area contributed by atoms with Crippen LogP contribution in [0.2, 0.25) is 0 Å². The predicted octanol–water partition coefficient (Wildman–Crippen LogP) is 4.10. The monoisotopic (exact) mass is 408 g/mol. The molecule has 1 aliphatic heterocycles. The van der Waals surface area contributed by atoms with Crippen molar-refractivity contribution in [2.75, 3.05) is 19.6 Å². The Morgan fingerprint density at radius 1 is 1.03 bits per heavy atom. The van der Waals surface area contributed by atoms with E-state index in [9.17, 15) is 13.6 Å². The number of rotatable bonds is 4. The average Bonchev–Trinajstić information content (AvgIpc) is 3.14. The molecule has 0 atom stereocenters. The first-order valence-electron chi connectivity index (χ1n) is 10.2. The van der Waals surface area contributed by atoms with Crippen LogP contribution in [0.15, 0.2) is 47.4 Å². The van der Waals surface area contributed by atoms with Gasteiger partial charge in [0.25, 0.3) is 5.56 Å². The summed E-state index contributed by atoms with van der Waals surface area (Å²) in [5.41, 5.74) is 2.26. The minimum atomic E-state index is -0.390. The number of aromatic nitrogens is 3. The Hall–Kier alpha value is -3.06. The lowest BCUT2D eigenvalue weighted by Crippen LogP contribution is -2.35. The van der Waals surface area contributed by atoms with Crippen molar-refractivity contribution >= 4 is 21.8 Å². The molecule has 2 aromatic heterocycles. The van der Waals surface area contributed by atoms with E-state index in [4.69, 9.17) is 0 Å². The minimum absolute atomic E-state index is 0.156. The smallest absolute Gasteiger partial charge is 0.258 e. The number of fused-ring (bicyclic) bond motifs is 2. The van der Waals surface area contributed by atoms with Crippen LogP contribution in [-0.2, 0) is 6.42 Å². The summed E-state index contributed by atoms with van der Waals surface area (Å²) in [7, 11) is 0. The van der Waals surface area contributed by atoms with Gasteiger partial charge in [-0.25, -0.2) is 13.8 Å². The van der Waals surface area contributed by atoms with Gasteiger partial charge in [-0.1, -0.05) is 0 Å². The highest BCUT2D eigenvalue weighted by molar-refractivity contribution is 5.83. The molecule has 0 spiro atoms. The molecule has 5 rings (SSSR count). The lowest BCUT2D eigenvalue weighted by Gasteiger charge is -2.31. The molecule has 1 aliphatic rings. The Balaban J connectivity index is 1.25. The molecule has 5 nitrogen and oxygen atoms in total. The molecular weight excluding hydrogens is 386 g/mol. The molecule has 2 N–H and O–H groups in total. The molecule has 4 aromatic rings. The van der Waals surface area contributed by atoms with Crippen LogP contribution in [-0.4, -0.2) is 39.5 Å². The highest BCUT2D eigenvalue weighted by Gasteiger charge is 2.23. The lowest BCUT2D eigenvalue weighted by molar-refractivity contribution is 0.211. The van der Waals surface area contributed by atoms with Crippen molar-refractivity contribution in [3.05, 3.63) is 76.0 Å². The second-order valence-electron chi connectivity index (χ2n) is 7.98. The standard InChI is InChI=1S/C23H22F2N4O/c24-16-2-4-20-19(11-16)15(13-26-20)7-10-29-8-5-14(6-9-29)22-27-21-12-17(25)1-3-18(21)23(30)28-22/h1-4,11-14,26H,5-10H2,(H,27,28,30). The molecule has 2 aromatic carbocycles. The third-order valence-corrected chi connectivity index (χ3v) is 6.09. The zero-order chi connectivity index (χ0) is 20.7. The zero-order valence-electron chi connectivity index (χ0n) is 16.4. The number of piperidine rings is 1. The number of H-pyrrole nitrogens is 2. The van der Waals surface area contributed by atoms with Crippen LogP contribution in [0.1, 0.15) is 30.1 Å². The number of hydrogen-bond acceptors (Lipinski definition) is 3. The van der Waals surface area contributed by atoms with E-state index >= 15 is 0 Å². The first kappa shape index (κ1) is 18.9. The van der Waals surface area contributed by atoms with Gasteiger partial charge in [-0.3, -0.25) is 4.79 Å². The number of benzene rings is 2. The van der Waals surface area contributed by atoms with Gasteiger partial charge in [0.15, 0.2) is 0 Å². The molecule has 7 heteroatoms. The van der Waals surface area contributed by atoms with Crippen LogP contribution in [0.5, 0.6) is 0 Å². The third-order valence-electron chi connectivity index (χ3n) is 6.09. The normalized spacial score (nSPS) is 15.9. The van der Waals surface area contributed by atoms with Crippen LogP contribution < -0.4 is 5.56 Å². The van der Waals surface area contributed by atoms with Crippen molar-refractivity contribution in [2.24, 2.45) is 0 Å². The predicted molar refractivity (Wildman–Crippen MR) is 113 cm³/mol. The highest BCUT2D eigenvalue weighted by atomic mass is 19.1. The number of nitrogens with zero attached hydrogens (tertiary/aromatic N) is 2. The van der Waals surface area contributed by atoms with E-state index in [0.29, 0.717) is 16.7 Å². The molecule has 0 aliphatic carbocycles. The maximum absolute atomic E-state index is 13.6. The van der Waals surface area contributed by atoms with Crippen molar-refractivity contribution in [1.29, 1.82) is 0 Å². The zero-order valence-corrected chi connectivity index (χ0v) is 16.4. The summed E-state index contributed by atoms with van der Waals surface area (Å²) < 4.78 is 27.1. The van der Waals surface area contributed by atoms with E-state index in [0.717, 1.165) is 55.4 Å². The number of likely N-dealkylation sites (tertiary alicyclic amines) is 1. The van der Waals surface area contributed by atoms with Gasteiger partial charge in [-0.05, 0) is 68.2 Å². The third kappa shape index (κ3) is 3.61. The summed E-state index contributed by atoms with van der Waals surface area (Å²) >= 11 is 0. The van der Waals surface area contributed by atoms with Crippen LogP contribution in [0.4, 0.5) is 8.78 Å². The summed E-state index contributed by atoms with van der Waals surface area (Å²) in [5, 5.41) is 1.35. The van der Waals surface area contributed by atoms with Crippen LogP contribution in [0.3, 0.4) is 0 Å². The Morgan fingerprint density at radius 2 is 1.80 bits per heavy atom. The van der Waals surface area contributed by atoms with Crippen LogP contribution in [0.25, 0.3) is 21.8 Å². The van der Waals surface area contributed by atoms with Gasteiger partial charge in [0, 0.05) is 35.6 Å². The Labute approximate surface area is 171 Å². The van der Waals surface area contributed by atoms with Crippen molar-refractivity contribution in [2.45, 2.75) is 25.2 Å². The summed E-state index contributed by atoms with van der Waals surface area (Å²) in [4.78, 5) is 25.3. The van der Waals surface area contributed by atoms with E-state index in [1.54, 1.807) is 12.1 Å². The highest BCUT2D eigenvalue weighted by Crippen LogP contribution is 2.27. The maximum Gasteiger partial charge on any atom is 0.258 e. The van der Waals surface area contributed by atoms with Gasteiger partial charge in [-0.15, -0.1) is 0 Å². The topological polar surface area (TPSA) is 64.8 Å². The van der Waals surface area contributed by atoms with Crippen molar-refractivity contribution in [1.82, 2.24) is 19.9 Å². The second kappa shape index (κ2) is 7.65. The molecule has 0 saturated carbocycles. The second-order valence-corrected chi connectivity index (χ2v) is 7.98. The van der Waals surface area contributed by atoms with Crippen molar-refractivity contribution in [3.8, 4) is 0 Å². The van der Waals surface area contributed by atoms with E-state index in [1.807, 2.05) is 6.20 Å². The summed E-state index contributed by atoms with van der Waals surface area (Å²) in [6, 6.07) is 8.87. The van der Waals surface area contributed by atoms with Crippen LogP contribution in [0, 0.1) is 11.6 Å². The molecule has 3 heterocycles. The molecule has 0 bridgehead atoms. The van der Waals surface area contributed by atoms with Gasteiger partial charge < -0.3 is 14.9 Å².